The van der Waals surface area contributed by atoms with Crippen molar-refractivity contribution >= 4 is 29.6 Å². The quantitative estimate of drug-likeness (QED) is 0.374. The Kier molecular flexibility index (Phi) is 8.17. The second-order valence-corrected chi connectivity index (χ2v) is 11.1. The molecule has 0 bridgehead atoms. The van der Waals surface area contributed by atoms with Gasteiger partial charge in [-0.05, 0) is 68.0 Å². The van der Waals surface area contributed by atoms with Gasteiger partial charge in [0.15, 0.2) is 0 Å². The van der Waals surface area contributed by atoms with E-state index < -0.39 is 0 Å². The van der Waals surface area contributed by atoms with E-state index in [1.165, 1.54) is 20.9 Å². The van der Waals surface area contributed by atoms with E-state index in [9.17, 15) is 0 Å². The first-order valence-electron chi connectivity index (χ1n) is 12.5. The molecule has 5 nitrogen and oxygen atoms in total. The second kappa shape index (κ2) is 11.7. The minimum absolute atomic E-state index is 0.312. The predicted molar refractivity (Wildman–Crippen MR) is 150 cm³/mol. The highest BCUT2D eigenvalue weighted by atomic mass is 35.5. The van der Waals surface area contributed by atoms with Crippen LogP contribution < -0.4 is 4.74 Å². The zero-order chi connectivity index (χ0) is 24.9. The third kappa shape index (κ3) is 6.06. The highest BCUT2D eigenvalue weighted by Crippen LogP contribution is 2.43. The molecule has 188 valence electrons. The Morgan fingerprint density at radius 1 is 1.00 bits per heavy atom. The number of hydrogen-bond acceptors (Lipinski definition) is 6. The lowest BCUT2D eigenvalue weighted by atomic mass is 9.97. The highest BCUT2D eigenvalue weighted by molar-refractivity contribution is 7.99. The third-order valence-electron chi connectivity index (χ3n) is 6.74. The Bertz CT molecular complexity index is 1210. The normalized spacial score (nSPS) is 18.2. The number of piperazine rings is 1. The summed E-state index contributed by atoms with van der Waals surface area (Å²) in [6.45, 7) is 5.24. The van der Waals surface area contributed by atoms with Gasteiger partial charge in [-0.1, -0.05) is 53.7 Å². The highest BCUT2D eigenvalue weighted by Gasteiger charge is 2.30. The maximum Gasteiger partial charge on any atom is 0.128 e. The van der Waals surface area contributed by atoms with Crippen LogP contribution in [0.1, 0.15) is 22.7 Å². The molecule has 1 saturated heterocycles. The molecule has 0 amide bonds. The maximum atomic E-state index is 6.46. The van der Waals surface area contributed by atoms with E-state index in [1.54, 1.807) is 0 Å². The van der Waals surface area contributed by atoms with Gasteiger partial charge in [0.25, 0.3) is 0 Å². The fraction of sp³-hybridized carbons (Fsp3) is 0.345. The first kappa shape index (κ1) is 25.2. The Labute approximate surface area is 223 Å². The molecule has 36 heavy (non-hydrogen) atoms. The van der Waals surface area contributed by atoms with Crippen molar-refractivity contribution in [2.45, 2.75) is 22.3 Å². The molecule has 5 rings (SSSR count). The van der Waals surface area contributed by atoms with Gasteiger partial charge in [-0.25, -0.2) is 0 Å². The minimum atomic E-state index is 0.312. The lowest BCUT2D eigenvalue weighted by Gasteiger charge is -2.38. The van der Waals surface area contributed by atoms with E-state index in [2.05, 4.69) is 71.4 Å². The number of para-hydroxylation sites is 1. The molecule has 0 aliphatic carbocycles. The number of fused-ring (bicyclic) bond motifs is 2. The van der Waals surface area contributed by atoms with Crippen molar-refractivity contribution in [2.75, 3.05) is 53.4 Å². The molecule has 0 saturated carbocycles. The van der Waals surface area contributed by atoms with Gasteiger partial charge in [0.1, 0.15) is 12.4 Å². The van der Waals surface area contributed by atoms with E-state index in [0.717, 1.165) is 55.5 Å². The van der Waals surface area contributed by atoms with Gasteiger partial charge in [-0.15, -0.1) is 0 Å². The van der Waals surface area contributed by atoms with E-state index in [1.807, 2.05) is 42.2 Å². The lowest BCUT2D eigenvalue weighted by molar-refractivity contribution is 0.0970. The molecule has 2 heterocycles. The average Bonchev–Trinajstić information content (AvgIpc) is 3.05. The van der Waals surface area contributed by atoms with Crippen LogP contribution in [0.15, 0.2) is 81.6 Å². The van der Waals surface area contributed by atoms with Gasteiger partial charge in [0, 0.05) is 59.1 Å². The molecule has 0 aromatic heterocycles. The number of hydrogen-bond donors (Lipinski definition) is 0. The van der Waals surface area contributed by atoms with Gasteiger partial charge >= 0.3 is 0 Å². The molecular formula is C29H33ClN4OS. The maximum absolute atomic E-state index is 6.46. The van der Waals surface area contributed by atoms with Crippen LogP contribution in [-0.4, -0.2) is 74.4 Å². The fourth-order valence-electron chi connectivity index (χ4n) is 4.75. The number of likely N-dealkylation sites (N-methyl/N-ethyl adjacent to an activating group) is 1. The van der Waals surface area contributed by atoms with Crippen LogP contribution in [0.25, 0.3) is 0 Å². The van der Waals surface area contributed by atoms with E-state index in [0.29, 0.717) is 12.6 Å². The Morgan fingerprint density at radius 3 is 2.61 bits per heavy atom. The summed E-state index contributed by atoms with van der Waals surface area (Å²) < 4.78 is 6.00. The summed E-state index contributed by atoms with van der Waals surface area (Å²) in [5.74, 6) is 0.879. The Hall–Kier alpha value is -2.51. The summed E-state index contributed by atoms with van der Waals surface area (Å²) in [6.07, 6.45) is 2.94. The van der Waals surface area contributed by atoms with Crippen LogP contribution in [0, 0.1) is 0 Å². The molecule has 7 heteroatoms. The standard InChI is InChI=1S/C29H33ClN4OS/c1-32(2)17-18-35-27-9-5-3-8-23(27)21-31-34-15-13-33(14-16-34)26-19-22-7-4-6-10-28(22)36-29-12-11-24(30)20-25(26)29/h3-12,20-21,26H,13-19H2,1-2H3/b31-21+/t26-/m1/s1. The van der Waals surface area contributed by atoms with Crippen LogP contribution in [-0.2, 0) is 6.42 Å². The molecule has 1 fully saturated rings. The van der Waals surface area contributed by atoms with Gasteiger partial charge < -0.3 is 9.64 Å². The zero-order valence-corrected chi connectivity index (χ0v) is 22.5. The smallest absolute Gasteiger partial charge is 0.128 e. The van der Waals surface area contributed by atoms with E-state index in [-0.39, 0.29) is 0 Å². The van der Waals surface area contributed by atoms with Crippen molar-refractivity contribution in [1.29, 1.82) is 0 Å². The molecule has 3 aromatic carbocycles. The largest absolute Gasteiger partial charge is 0.492 e. The van der Waals surface area contributed by atoms with Crippen molar-refractivity contribution in [3.8, 4) is 5.75 Å². The fourth-order valence-corrected chi connectivity index (χ4v) is 6.04. The topological polar surface area (TPSA) is 31.3 Å². The summed E-state index contributed by atoms with van der Waals surface area (Å²) >= 11 is 8.32. The SMILES string of the molecule is CN(C)CCOc1ccccc1/C=N/N1CCN([C@@H]2Cc3ccccc3Sc3ccc(Cl)cc32)CC1. The molecule has 0 N–H and O–H groups in total. The van der Waals surface area contributed by atoms with Crippen LogP contribution in [0.3, 0.4) is 0 Å². The first-order valence-corrected chi connectivity index (χ1v) is 13.7. The van der Waals surface area contributed by atoms with Crippen LogP contribution in [0.2, 0.25) is 5.02 Å². The number of nitrogens with zero attached hydrogens (tertiary/aromatic N) is 4. The summed E-state index contributed by atoms with van der Waals surface area (Å²) in [5.41, 5.74) is 3.76. The second-order valence-electron chi connectivity index (χ2n) is 9.54. The number of benzene rings is 3. The molecule has 0 spiro atoms. The van der Waals surface area contributed by atoms with E-state index >= 15 is 0 Å². The molecule has 3 aromatic rings. The van der Waals surface area contributed by atoms with Crippen LogP contribution >= 0.6 is 23.4 Å². The van der Waals surface area contributed by atoms with Gasteiger partial charge in [0.2, 0.25) is 0 Å². The molecule has 0 unspecified atom stereocenters. The summed E-state index contributed by atoms with van der Waals surface area (Å²) in [6, 6.07) is 23.5. The Balaban J connectivity index is 1.27. The number of ether oxygens (including phenoxy) is 1. The number of halogens is 1. The van der Waals surface area contributed by atoms with Gasteiger partial charge in [0.05, 0.1) is 6.21 Å². The zero-order valence-electron chi connectivity index (χ0n) is 20.9. The van der Waals surface area contributed by atoms with Crippen molar-refractivity contribution in [2.24, 2.45) is 5.10 Å². The monoisotopic (exact) mass is 520 g/mol. The van der Waals surface area contributed by atoms with Crippen molar-refractivity contribution in [3.63, 3.8) is 0 Å². The molecule has 1 atom stereocenters. The molecule has 2 aliphatic heterocycles. The van der Waals surface area contributed by atoms with Crippen molar-refractivity contribution < 1.29 is 4.74 Å². The number of rotatable bonds is 7. The minimum Gasteiger partial charge on any atom is -0.492 e. The lowest BCUT2D eigenvalue weighted by Crippen LogP contribution is -2.46. The summed E-state index contributed by atoms with van der Waals surface area (Å²) in [5, 5.41) is 7.79. The first-order chi connectivity index (χ1) is 17.6. The van der Waals surface area contributed by atoms with Gasteiger partial charge in [-0.3, -0.25) is 9.91 Å². The van der Waals surface area contributed by atoms with Crippen molar-refractivity contribution in [1.82, 2.24) is 14.8 Å². The van der Waals surface area contributed by atoms with E-state index in [4.69, 9.17) is 21.4 Å². The van der Waals surface area contributed by atoms with Gasteiger partial charge in [-0.2, -0.15) is 5.10 Å². The van der Waals surface area contributed by atoms with Crippen LogP contribution in [0.4, 0.5) is 0 Å². The number of hydrazone groups is 1. The molecule has 2 aliphatic rings. The summed E-state index contributed by atoms with van der Waals surface area (Å²) in [7, 11) is 4.10. The average molecular weight is 521 g/mol. The third-order valence-corrected chi connectivity index (χ3v) is 8.19. The van der Waals surface area contributed by atoms with Crippen molar-refractivity contribution in [3.05, 3.63) is 88.4 Å². The molecular weight excluding hydrogens is 488 g/mol. The predicted octanol–water partition coefficient (Wildman–Crippen LogP) is 5.68. The van der Waals surface area contributed by atoms with Crippen LogP contribution in [0.5, 0.6) is 5.75 Å². The summed E-state index contributed by atoms with van der Waals surface area (Å²) in [4.78, 5) is 7.37. The molecule has 0 radical (unpaired) electrons. The Morgan fingerprint density at radius 2 is 1.78 bits per heavy atom.